The normalized spacial score (nSPS) is 15.2. The fourth-order valence-electron chi connectivity index (χ4n) is 4.04. The van der Waals surface area contributed by atoms with Gasteiger partial charge >= 0.3 is 6.03 Å². The van der Waals surface area contributed by atoms with E-state index in [9.17, 15) is 9.59 Å². The minimum atomic E-state index is -0.638. The van der Waals surface area contributed by atoms with E-state index >= 15 is 0 Å². The largest absolute Gasteiger partial charge is 0.330 e. The van der Waals surface area contributed by atoms with Crippen LogP contribution in [0.4, 0.5) is 10.6 Å². The second-order valence-corrected chi connectivity index (χ2v) is 8.79. The van der Waals surface area contributed by atoms with Crippen LogP contribution in [0, 0.1) is 0 Å². The fourth-order valence-corrected chi connectivity index (χ4v) is 4.04. The lowest BCUT2D eigenvalue weighted by Gasteiger charge is -2.34. The van der Waals surface area contributed by atoms with Crippen LogP contribution >= 0.6 is 0 Å². The smallest absolute Gasteiger partial charge is 0.319 e. The molecular formula is C23H28N8O2. The summed E-state index contributed by atoms with van der Waals surface area (Å²) in [6.45, 7) is 4.88. The molecule has 0 spiro atoms. The van der Waals surface area contributed by atoms with Crippen LogP contribution in [0.15, 0.2) is 48.9 Å². The molecule has 0 bridgehead atoms. The summed E-state index contributed by atoms with van der Waals surface area (Å²) in [6, 6.07) is 9.55. The summed E-state index contributed by atoms with van der Waals surface area (Å²) < 4.78 is 0. The SMILES string of the molecule is CN(C)C[C@@H](NC(=O)N1Cc2c(NC(=O)c3cnccn3)n[nH]c2C1(C)C)c1ccccc1. The Morgan fingerprint density at radius 3 is 2.64 bits per heavy atom. The first-order valence-electron chi connectivity index (χ1n) is 10.7. The number of fused-ring (bicyclic) bond motifs is 1. The van der Waals surface area contributed by atoms with Gasteiger partial charge in [0.25, 0.3) is 5.91 Å². The topological polar surface area (TPSA) is 119 Å². The third-order valence-electron chi connectivity index (χ3n) is 5.79. The van der Waals surface area contributed by atoms with Crippen molar-refractivity contribution in [2.45, 2.75) is 32.0 Å². The van der Waals surface area contributed by atoms with Crippen LogP contribution < -0.4 is 10.6 Å². The molecule has 10 heteroatoms. The molecule has 4 rings (SSSR count). The van der Waals surface area contributed by atoms with Gasteiger partial charge in [-0.2, -0.15) is 5.10 Å². The first-order valence-corrected chi connectivity index (χ1v) is 10.7. The molecule has 3 N–H and O–H groups in total. The van der Waals surface area contributed by atoms with Crippen molar-refractivity contribution in [1.82, 2.24) is 35.3 Å². The fraction of sp³-hybridized carbons (Fsp3) is 0.348. The van der Waals surface area contributed by atoms with Crippen molar-refractivity contribution < 1.29 is 9.59 Å². The number of urea groups is 1. The molecule has 172 valence electrons. The number of aromatic nitrogens is 4. The van der Waals surface area contributed by atoms with Crippen molar-refractivity contribution >= 4 is 17.8 Å². The standard InChI is InChI=1S/C23H28N8O2/c1-23(2)19-16(20(29-28-19)27-21(32)17-12-24-10-11-25-17)13-31(23)22(33)26-18(14-30(3)4)15-8-6-5-7-9-15/h5-12,18H,13-14H2,1-4H3,(H,26,33)(H2,27,28,29,32)/t18-/m1/s1. The highest BCUT2D eigenvalue weighted by atomic mass is 16.2. The quantitative estimate of drug-likeness (QED) is 0.533. The Morgan fingerprint density at radius 2 is 1.97 bits per heavy atom. The van der Waals surface area contributed by atoms with E-state index in [-0.39, 0.29) is 17.8 Å². The average Bonchev–Trinajstić information content (AvgIpc) is 3.32. The number of nitrogens with one attached hydrogen (secondary N) is 3. The average molecular weight is 449 g/mol. The van der Waals surface area contributed by atoms with E-state index in [1.54, 1.807) is 4.90 Å². The zero-order valence-electron chi connectivity index (χ0n) is 19.2. The number of benzene rings is 1. The molecule has 1 aliphatic heterocycles. The van der Waals surface area contributed by atoms with Gasteiger partial charge < -0.3 is 20.4 Å². The van der Waals surface area contributed by atoms with Crippen LogP contribution in [0.2, 0.25) is 0 Å². The van der Waals surface area contributed by atoms with Crippen molar-refractivity contribution in [2.24, 2.45) is 0 Å². The molecule has 0 radical (unpaired) electrons. The van der Waals surface area contributed by atoms with E-state index in [0.29, 0.717) is 18.9 Å². The van der Waals surface area contributed by atoms with Crippen molar-refractivity contribution in [2.75, 3.05) is 26.0 Å². The summed E-state index contributed by atoms with van der Waals surface area (Å²) >= 11 is 0. The Balaban J connectivity index is 1.52. The highest BCUT2D eigenvalue weighted by Gasteiger charge is 2.44. The van der Waals surface area contributed by atoms with Gasteiger partial charge in [0.1, 0.15) is 5.69 Å². The van der Waals surface area contributed by atoms with Crippen molar-refractivity contribution in [1.29, 1.82) is 0 Å². The number of likely N-dealkylation sites (N-methyl/N-ethyl adjacent to an activating group) is 1. The van der Waals surface area contributed by atoms with Gasteiger partial charge in [0.05, 0.1) is 30.0 Å². The van der Waals surface area contributed by atoms with Crippen molar-refractivity contribution in [3.05, 3.63) is 71.4 Å². The summed E-state index contributed by atoms with van der Waals surface area (Å²) in [5.41, 5.74) is 2.15. The number of amides is 3. The summed E-state index contributed by atoms with van der Waals surface area (Å²) in [6.07, 6.45) is 4.34. The number of carbonyl (C=O) groups is 2. The Hall–Kier alpha value is -3.79. The lowest BCUT2D eigenvalue weighted by atomic mass is 10.0. The first kappa shape index (κ1) is 22.4. The molecule has 3 heterocycles. The molecule has 0 aliphatic carbocycles. The monoisotopic (exact) mass is 448 g/mol. The number of hydrogen-bond donors (Lipinski definition) is 3. The third-order valence-corrected chi connectivity index (χ3v) is 5.79. The van der Waals surface area contributed by atoms with Crippen LogP contribution in [-0.4, -0.2) is 62.5 Å². The second kappa shape index (κ2) is 8.99. The van der Waals surface area contributed by atoms with Gasteiger partial charge in [0, 0.05) is 24.5 Å². The maximum absolute atomic E-state index is 13.4. The maximum Gasteiger partial charge on any atom is 0.319 e. The van der Waals surface area contributed by atoms with Gasteiger partial charge in [-0.1, -0.05) is 30.3 Å². The van der Waals surface area contributed by atoms with E-state index in [1.165, 1.54) is 18.6 Å². The van der Waals surface area contributed by atoms with Crippen LogP contribution in [0.1, 0.15) is 47.2 Å². The molecule has 2 aromatic heterocycles. The summed E-state index contributed by atoms with van der Waals surface area (Å²) in [4.78, 5) is 37.7. The number of rotatable bonds is 6. The highest BCUT2D eigenvalue weighted by Crippen LogP contribution is 2.40. The summed E-state index contributed by atoms with van der Waals surface area (Å²) in [7, 11) is 3.95. The predicted octanol–water partition coefficient (Wildman–Crippen LogP) is 2.52. The Labute approximate surface area is 192 Å². The molecule has 3 amide bonds. The molecule has 1 aromatic carbocycles. The zero-order chi connectivity index (χ0) is 23.6. The third kappa shape index (κ3) is 4.56. The van der Waals surface area contributed by atoms with E-state index in [0.717, 1.165) is 16.8 Å². The second-order valence-electron chi connectivity index (χ2n) is 8.79. The minimum Gasteiger partial charge on any atom is -0.330 e. The molecule has 0 saturated heterocycles. The maximum atomic E-state index is 13.4. The number of anilines is 1. The predicted molar refractivity (Wildman–Crippen MR) is 123 cm³/mol. The summed E-state index contributed by atoms with van der Waals surface area (Å²) in [5, 5.41) is 13.2. The van der Waals surface area contributed by atoms with Crippen molar-refractivity contribution in [3.8, 4) is 0 Å². The summed E-state index contributed by atoms with van der Waals surface area (Å²) in [5.74, 6) is -0.0230. The number of hydrogen-bond acceptors (Lipinski definition) is 6. The number of H-pyrrole nitrogens is 1. The van der Waals surface area contributed by atoms with E-state index in [2.05, 4.69) is 30.8 Å². The molecule has 0 saturated carbocycles. The molecular weight excluding hydrogens is 420 g/mol. The number of carbonyl (C=O) groups excluding carboxylic acids is 2. The Kier molecular flexibility index (Phi) is 6.10. The molecule has 3 aromatic rings. The van der Waals surface area contributed by atoms with E-state index < -0.39 is 11.4 Å². The van der Waals surface area contributed by atoms with Gasteiger partial charge in [0.15, 0.2) is 5.82 Å². The Morgan fingerprint density at radius 1 is 1.21 bits per heavy atom. The lowest BCUT2D eigenvalue weighted by Crippen LogP contribution is -2.48. The molecule has 0 fully saturated rings. The van der Waals surface area contributed by atoms with Crippen LogP contribution in [0.3, 0.4) is 0 Å². The number of nitrogens with zero attached hydrogens (tertiary/aromatic N) is 5. The molecule has 1 aliphatic rings. The van der Waals surface area contributed by atoms with Crippen LogP contribution in [0.5, 0.6) is 0 Å². The van der Waals surface area contributed by atoms with Crippen LogP contribution in [-0.2, 0) is 12.1 Å². The van der Waals surface area contributed by atoms with Crippen molar-refractivity contribution in [3.63, 3.8) is 0 Å². The lowest BCUT2D eigenvalue weighted by molar-refractivity contribution is 0.102. The molecule has 33 heavy (non-hydrogen) atoms. The van der Waals surface area contributed by atoms with E-state index in [1.807, 2.05) is 63.2 Å². The van der Waals surface area contributed by atoms with Gasteiger partial charge in [-0.15, -0.1) is 0 Å². The zero-order valence-corrected chi connectivity index (χ0v) is 19.2. The molecule has 0 unspecified atom stereocenters. The highest BCUT2D eigenvalue weighted by molar-refractivity contribution is 6.02. The van der Waals surface area contributed by atoms with Gasteiger partial charge in [-0.25, -0.2) is 9.78 Å². The Bertz CT molecular complexity index is 1130. The van der Waals surface area contributed by atoms with Gasteiger partial charge in [0.2, 0.25) is 0 Å². The van der Waals surface area contributed by atoms with Gasteiger partial charge in [-0.05, 0) is 33.5 Å². The molecule has 10 nitrogen and oxygen atoms in total. The van der Waals surface area contributed by atoms with E-state index in [4.69, 9.17) is 0 Å². The number of aromatic amines is 1. The van der Waals surface area contributed by atoms with Gasteiger partial charge in [-0.3, -0.25) is 14.9 Å². The minimum absolute atomic E-state index is 0.169. The van der Waals surface area contributed by atoms with Crippen LogP contribution in [0.25, 0.3) is 0 Å². The first-order chi connectivity index (χ1) is 15.8. The molecule has 1 atom stereocenters.